The number of carbonyl (C=O) groups excluding carboxylic acids is 1. The van der Waals surface area contributed by atoms with Crippen LogP contribution in [-0.2, 0) is 9.63 Å². The number of aldehydes is 1. The maximum atomic E-state index is 9.69. The monoisotopic (exact) mass is 112 g/mol. The van der Waals surface area contributed by atoms with Crippen molar-refractivity contribution in [2.45, 2.75) is 0 Å². The van der Waals surface area contributed by atoms with E-state index < -0.39 is 0 Å². The molecule has 42 valence electrons. The van der Waals surface area contributed by atoms with Crippen LogP contribution in [0.25, 0.3) is 0 Å². The normalized spacial score (nSPS) is 9.75. The van der Waals surface area contributed by atoms with Gasteiger partial charge in [0.15, 0.2) is 6.29 Å². The highest BCUT2D eigenvalue weighted by molar-refractivity contribution is 6.35. The molecule has 0 aliphatic heterocycles. The lowest BCUT2D eigenvalue weighted by Gasteiger charge is -1.80. The summed E-state index contributed by atoms with van der Waals surface area (Å²) >= 11 is 0. The van der Waals surface area contributed by atoms with Crippen LogP contribution < -0.4 is 0 Å². The second kappa shape index (κ2) is 3.81. The molecule has 4 nitrogen and oxygen atoms in total. The summed E-state index contributed by atoms with van der Waals surface area (Å²) in [5.41, 5.74) is -0.257. The van der Waals surface area contributed by atoms with Crippen molar-refractivity contribution in [1.82, 2.24) is 0 Å². The van der Waals surface area contributed by atoms with E-state index in [4.69, 9.17) is 5.26 Å². The van der Waals surface area contributed by atoms with Crippen LogP contribution in [0.2, 0.25) is 0 Å². The summed E-state index contributed by atoms with van der Waals surface area (Å²) in [6, 6.07) is 1.51. The Kier molecular flexibility index (Phi) is 3.16. The van der Waals surface area contributed by atoms with Crippen molar-refractivity contribution < 1.29 is 9.63 Å². The zero-order valence-corrected chi connectivity index (χ0v) is 4.29. The average Bonchev–Trinajstić information content (AvgIpc) is 1.83. The van der Waals surface area contributed by atoms with E-state index in [1.54, 1.807) is 0 Å². The molecule has 0 unspecified atom stereocenters. The lowest BCUT2D eigenvalue weighted by Crippen LogP contribution is -1.94. The van der Waals surface area contributed by atoms with Gasteiger partial charge in [0.05, 0.1) is 0 Å². The summed E-state index contributed by atoms with van der Waals surface area (Å²) in [6.07, 6.45) is 0.323. The summed E-state index contributed by atoms with van der Waals surface area (Å²) in [5, 5.41) is 11.0. The van der Waals surface area contributed by atoms with Gasteiger partial charge in [0.1, 0.15) is 13.2 Å². The molecule has 0 spiro atoms. The van der Waals surface area contributed by atoms with Gasteiger partial charge in [0.25, 0.3) is 0 Å². The molecular weight excluding hydrogens is 108 g/mol. The van der Waals surface area contributed by atoms with Gasteiger partial charge in [-0.25, -0.2) is 0 Å². The first-order valence-corrected chi connectivity index (χ1v) is 1.81. The van der Waals surface area contributed by atoms with Gasteiger partial charge in [-0.3, -0.25) is 4.79 Å². The molecular formula is C4H4N2O2. The molecule has 8 heavy (non-hydrogen) atoms. The van der Waals surface area contributed by atoms with Gasteiger partial charge in [0.2, 0.25) is 5.71 Å². The maximum absolute atomic E-state index is 9.69. The molecule has 0 aromatic rings. The third-order valence-electron chi connectivity index (χ3n) is 0.416. The van der Waals surface area contributed by atoms with Crippen LogP contribution in [0.4, 0.5) is 0 Å². The van der Waals surface area contributed by atoms with E-state index in [0.717, 1.165) is 0 Å². The summed E-state index contributed by atoms with van der Waals surface area (Å²) in [7, 11) is 1.26. The molecule has 0 amide bonds. The number of hydrogen-bond acceptors (Lipinski definition) is 4. The van der Waals surface area contributed by atoms with E-state index >= 15 is 0 Å². The van der Waals surface area contributed by atoms with Crippen molar-refractivity contribution in [3.8, 4) is 6.07 Å². The molecule has 0 N–H and O–H groups in total. The quantitative estimate of drug-likeness (QED) is 0.280. The van der Waals surface area contributed by atoms with Crippen molar-refractivity contribution >= 4 is 12.0 Å². The predicted octanol–water partition coefficient (Wildman–Crippen LogP) is -0.289. The fourth-order valence-corrected chi connectivity index (χ4v) is 0.167. The van der Waals surface area contributed by atoms with E-state index in [1.807, 2.05) is 0 Å². The highest BCUT2D eigenvalue weighted by Gasteiger charge is 1.89. The lowest BCUT2D eigenvalue weighted by atomic mass is 10.5. The first kappa shape index (κ1) is 6.63. The number of oxime groups is 1. The smallest absolute Gasteiger partial charge is 0.219 e. The number of rotatable bonds is 2. The maximum Gasteiger partial charge on any atom is 0.219 e. The summed E-state index contributed by atoms with van der Waals surface area (Å²) in [5.74, 6) is 0. The fraction of sp³-hybridized carbons (Fsp3) is 0.250. The Morgan fingerprint density at radius 2 is 2.62 bits per heavy atom. The standard InChI is InChI=1S/C4H4N2O2/c1-8-6-4(2-5)3-7/h3H,1H3. The molecule has 0 aliphatic rings. The van der Waals surface area contributed by atoms with E-state index in [-0.39, 0.29) is 5.71 Å². The molecule has 4 heteroatoms. The molecule has 0 bridgehead atoms. The summed E-state index contributed by atoms with van der Waals surface area (Å²) < 4.78 is 0. The van der Waals surface area contributed by atoms with Crippen LogP contribution in [0.3, 0.4) is 0 Å². The van der Waals surface area contributed by atoms with Crippen LogP contribution in [0, 0.1) is 11.3 Å². The Hall–Kier alpha value is -1.37. The Balaban J connectivity index is 3.92. The van der Waals surface area contributed by atoms with Crippen LogP contribution >= 0.6 is 0 Å². The van der Waals surface area contributed by atoms with Crippen LogP contribution in [0.1, 0.15) is 0 Å². The van der Waals surface area contributed by atoms with Crippen molar-refractivity contribution in [3.63, 3.8) is 0 Å². The number of carbonyl (C=O) groups is 1. The minimum absolute atomic E-state index is 0.257. The molecule has 0 rings (SSSR count). The number of nitriles is 1. The second-order valence-electron chi connectivity index (χ2n) is 0.889. The topological polar surface area (TPSA) is 62.4 Å². The van der Waals surface area contributed by atoms with E-state index in [1.165, 1.54) is 13.2 Å². The molecule has 0 saturated heterocycles. The van der Waals surface area contributed by atoms with E-state index in [2.05, 4.69) is 9.99 Å². The first-order chi connectivity index (χ1) is 3.85. The van der Waals surface area contributed by atoms with Gasteiger partial charge in [-0.05, 0) is 0 Å². The third-order valence-corrected chi connectivity index (χ3v) is 0.416. The molecule has 0 aromatic heterocycles. The fourth-order valence-electron chi connectivity index (χ4n) is 0.167. The van der Waals surface area contributed by atoms with Crippen LogP contribution in [0.5, 0.6) is 0 Å². The van der Waals surface area contributed by atoms with Crippen molar-refractivity contribution in [1.29, 1.82) is 5.26 Å². The lowest BCUT2D eigenvalue weighted by molar-refractivity contribution is -0.102. The van der Waals surface area contributed by atoms with Crippen molar-refractivity contribution in [2.24, 2.45) is 5.16 Å². The molecule has 0 atom stereocenters. The van der Waals surface area contributed by atoms with Gasteiger partial charge < -0.3 is 4.84 Å². The molecule has 0 aromatic carbocycles. The zero-order valence-electron chi connectivity index (χ0n) is 4.29. The van der Waals surface area contributed by atoms with Crippen molar-refractivity contribution in [2.75, 3.05) is 7.11 Å². The molecule has 0 fully saturated rings. The minimum Gasteiger partial charge on any atom is -0.398 e. The second-order valence-corrected chi connectivity index (χ2v) is 0.889. The Bertz CT molecular complexity index is 145. The molecule has 0 radical (unpaired) electrons. The van der Waals surface area contributed by atoms with Crippen LogP contribution in [-0.4, -0.2) is 19.1 Å². The third kappa shape index (κ3) is 1.92. The highest BCUT2D eigenvalue weighted by atomic mass is 16.6. The first-order valence-electron chi connectivity index (χ1n) is 1.81. The Morgan fingerprint density at radius 1 is 2.00 bits per heavy atom. The predicted molar refractivity (Wildman–Crippen MR) is 26.1 cm³/mol. The van der Waals surface area contributed by atoms with Gasteiger partial charge >= 0.3 is 0 Å². The van der Waals surface area contributed by atoms with Gasteiger partial charge in [0, 0.05) is 0 Å². The van der Waals surface area contributed by atoms with E-state index in [0.29, 0.717) is 6.29 Å². The molecule has 0 heterocycles. The van der Waals surface area contributed by atoms with Gasteiger partial charge in [-0.15, -0.1) is 0 Å². The van der Waals surface area contributed by atoms with E-state index in [9.17, 15) is 4.79 Å². The molecule has 0 aliphatic carbocycles. The van der Waals surface area contributed by atoms with Gasteiger partial charge in [-0.2, -0.15) is 5.26 Å². The zero-order chi connectivity index (χ0) is 6.41. The van der Waals surface area contributed by atoms with Crippen molar-refractivity contribution in [3.05, 3.63) is 0 Å². The van der Waals surface area contributed by atoms with Crippen LogP contribution in [0.15, 0.2) is 5.16 Å². The number of hydrogen-bond donors (Lipinski definition) is 0. The Morgan fingerprint density at radius 3 is 2.75 bits per heavy atom. The SMILES string of the molecule is CON=C(C#N)C=O. The summed E-state index contributed by atoms with van der Waals surface area (Å²) in [6.45, 7) is 0. The molecule has 0 saturated carbocycles. The minimum atomic E-state index is -0.257. The average molecular weight is 112 g/mol. The largest absolute Gasteiger partial charge is 0.398 e. The van der Waals surface area contributed by atoms with Gasteiger partial charge in [-0.1, -0.05) is 5.16 Å². The highest BCUT2D eigenvalue weighted by Crippen LogP contribution is 1.70. The number of nitrogens with zero attached hydrogens (tertiary/aromatic N) is 2. The Labute approximate surface area is 46.4 Å². The summed E-state index contributed by atoms with van der Waals surface area (Å²) in [4.78, 5) is 13.8.